The Kier molecular flexibility index (Phi) is 7.94. The Morgan fingerprint density at radius 3 is 2.50 bits per heavy atom. The fourth-order valence-corrected chi connectivity index (χ4v) is 5.53. The van der Waals surface area contributed by atoms with Gasteiger partial charge in [-0.3, -0.25) is 14.5 Å². The quantitative estimate of drug-likeness (QED) is 0.543. The summed E-state index contributed by atoms with van der Waals surface area (Å²) in [6.45, 7) is 1.81. The lowest BCUT2D eigenvalue weighted by Crippen LogP contribution is -2.71. The summed E-state index contributed by atoms with van der Waals surface area (Å²) in [5, 5.41) is 2.07. The van der Waals surface area contributed by atoms with Gasteiger partial charge in [-0.1, -0.05) is 37.5 Å². The molecule has 2 aromatic rings. The minimum Gasteiger partial charge on any atom is -0.384 e. The third-order valence-electron chi connectivity index (χ3n) is 7.55. The number of rotatable bonds is 6. The number of para-hydroxylation sites is 1. The molecule has 1 aliphatic carbocycles. The first-order valence-corrected chi connectivity index (χ1v) is 12.7. The van der Waals surface area contributed by atoms with E-state index in [-0.39, 0.29) is 12.2 Å². The maximum atomic E-state index is 14.0. The van der Waals surface area contributed by atoms with Crippen LogP contribution in [-0.2, 0) is 16.0 Å². The van der Waals surface area contributed by atoms with E-state index in [9.17, 15) is 27.6 Å². The highest BCUT2D eigenvalue weighted by molar-refractivity contribution is 6.12. The number of β-lactam (4-membered cyclic amide) rings is 1. The smallest absolute Gasteiger partial charge is 0.384 e. The number of halogens is 3. The van der Waals surface area contributed by atoms with Crippen molar-refractivity contribution in [3.05, 3.63) is 53.7 Å². The summed E-state index contributed by atoms with van der Waals surface area (Å²) < 4.78 is 42.0. The Morgan fingerprint density at radius 2 is 1.87 bits per heavy atom. The molecule has 4 rings (SSSR count). The average Bonchev–Trinajstić information content (AvgIpc) is 2.88. The molecule has 0 radical (unpaired) electrons. The van der Waals surface area contributed by atoms with Crippen molar-refractivity contribution in [1.29, 1.82) is 0 Å². The second-order valence-electron chi connectivity index (χ2n) is 10.1. The Labute approximate surface area is 219 Å². The number of nitrogen functional groups attached to an aromatic ring is 1. The summed E-state index contributed by atoms with van der Waals surface area (Å²) >= 11 is 0. The van der Waals surface area contributed by atoms with Crippen molar-refractivity contribution in [2.75, 3.05) is 17.7 Å². The van der Waals surface area contributed by atoms with Gasteiger partial charge in [0.15, 0.2) is 0 Å². The number of likely N-dealkylation sites (tertiary alicyclic amines) is 1. The molecule has 0 unspecified atom stereocenters. The zero-order chi connectivity index (χ0) is 27.6. The normalized spacial score (nSPS) is 21.0. The molecule has 1 saturated heterocycles. The predicted molar refractivity (Wildman–Crippen MR) is 136 cm³/mol. The molecular formula is C27H32F3N5O3. The van der Waals surface area contributed by atoms with Gasteiger partial charge in [-0.15, -0.1) is 0 Å². The van der Waals surface area contributed by atoms with Gasteiger partial charge in [0.05, 0.1) is 5.92 Å². The number of imide groups is 1. The number of anilines is 2. The van der Waals surface area contributed by atoms with Crippen LogP contribution >= 0.6 is 0 Å². The summed E-state index contributed by atoms with van der Waals surface area (Å²) in [6, 6.07) is 5.72. The molecule has 2 heterocycles. The lowest BCUT2D eigenvalue weighted by Gasteiger charge is -2.46. The van der Waals surface area contributed by atoms with Crippen molar-refractivity contribution in [1.82, 2.24) is 15.2 Å². The number of carbonyl (C=O) groups excluding carboxylic acids is 3. The van der Waals surface area contributed by atoms with Crippen molar-refractivity contribution in [3.63, 3.8) is 0 Å². The van der Waals surface area contributed by atoms with Gasteiger partial charge in [0, 0.05) is 18.9 Å². The number of aryl methyl sites for hydroxylation is 1. The molecule has 8 nitrogen and oxygen atoms in total. The number of pyridine rings is 1. The maximum absolute atomic E-state index is 14.0. The molecule has 3 atom stereocenters. The highest BCUT2D eigenvalue weighted by Gasteiger charge is 2.57. The number of alkyl halides is 3. The molecule has 2 aliphatic rings. The van der Waals surface area contributed by atoms with Crippen LogP contribution in [0.4, 0.5) is 29.5 Å². The first-order valence-electron chi connectivity index (χ1n) is 12.7. The lowest BCUT2D eigenvalue weighted by atomic mass is 9.81. The van der Waals surface area contributed by atoms with Crippen LogP contribution in [0.1, 0.15) is 43.2 Å². The molecular weight excluding hydrogens is 499 g/mol. The summed E-state index contributed by atoms with van der Waals surface area (Å²) in [6.07, 6.45) is -0.318. The lowest BCUT2D eigenvalue weighted by molar-refractivity contribution is -0.170. The number of aromatic nitrogens is 1. The summed E-state index contributed by atoms with van der Waals surface area (Å²) in [5.74, 6) is -2.77. The Hall–Kier alpha value is -3.63. The van der Waals surface area contributed by atoms with Gasteiger partial charge in [-0.05, 0) is 61.4 Å². The topological polar surface area (TPSA) is 109 Å². The van der Waals surface area contributed by atoms with Crippen LogP contribution in [0.3, 0.4) is 0 Å². The summed E-state index contributed by atoms with van der Waals surface area (Å²) in [7, 11) is 1.52. The number of hydrogen-bond donors (Lipinski definition) is 2. The standard InChI is InChI=1S/C27H32F3N5O3/c1-16-8-6-7-11-20(16)34(2)25(37)22-19(14-17-12-13-32-21(31)15-17)24(36)35(22)26(38)33-23(27(28,29)30)18-9-4-3-5-10-18/h6-8,11-13,15,18-19,22-23H,3-5,9-10,14H2,1-2H3,(H2,31,32)(H,33,38)/t19-,22+,23+/m1/s1. The number of nitrogens with zero attached hydrogens (tertiary/aromatic N) is 3. The van der Waals surface area contributed by atoms with Crippen molar-refractivity contribution in [3.8, 4) is 0 Å². The molecule has 3 N–H and O–H groups in total. The second-order valence-corrected chi connectivity index (χ2v) is 10.1. The highest BCUT2D eigenvalue weighted by Crippen LogP contribution is 2.37. The van der Waals surface area contributed by atoms with Gasteiger partial charge in [0.1, 0.15) is 17.9 Å². The molecule has 0 bridgehead atoms. The van der Waals surface area contributed by atoms with Crippen molar-refractivity contribution in [2.45, 2.75) is 63.7 Å². The molecule has 0 spiro atoms. The van der Waals surface area contributed by atoms with E-state index < -0.39 is 47.9 Å². The third-order valence-corrected chi connectivity index (χ3v) is 7.55. The van der Waals surface area contributed by atoms with Crippen LogP contribution in [0.5, 0.6) is 0 Å². The van der Waals surface area contributed by atoms with Crippen LogP contribution in [0.25, 0.3) is 0 Å². The van der Waals surface area contributed by atoms with E-state index in [0.29, 0.717) is 41.8 Å². The number of urea groups is 1. The first kappa shape index (κ1) is 27.4. The molecule has 1 aromatic carbocycles. The predicted octanol–water partition coefficient (Wildman–Crippen LogP) is 4.23. The van der Waals surface area contributed by atoms with Crippen LogP contribution in [0, 0.1) is 18.8 Å². The number of amides is 4. The number of benzene rings is 1. The van der Waals surface area contributed by atoms with Gasteiger partial charge in [-0.25, -0.2) is 9.78 Å². The fourth-order valence-electron chi connectivity index (χ4n) is 5.53. The SMILES string of the molecule is Cc1ccccc1N(C)C(=O)[C@@H]1[C@@H](Cc2ccnc(N)c2)C(=O)N1C(=O)N[C@@H](C1CCCCC1)C(F)(F)F. The minimum atomic E-state index is -4.68. The number of nitrogens with two attached hydrogens (primary N) is 1. The molecule has 1 aromatic heterocycles. The monoisotopic (exact) mass is 531 g/mol. The van der Waals surface area contributed by atoms with Gasteiger partial charge in [0.25, 0.3) is 5.91 Å². The summed E-state index contributed by atoms with van der Waals surface area (Å²) in [5.41, 5.74) is 7.74. The van der Waals surface area contributed by atoms with Crippen LogP contribution < -0.4 is 16.0 Å². The van der Waals surface area contributed by atoms with E-state index >= 15 is 0 Å². The number of carbonyl (C=O) groups is 3. The highest BCUT2D eigenvalue weighted by atomic mass is 19.4. The van der Waals surface area contributed by atoms with Gasteiger partial charge in [-0.2, -0.15) is 13.2 Å². The molecule has 38 heavy (non-hydrogen) atoms. The van der Waals surface area contributed by atoms with E-state index in [0.717, 1.165) is 12.0 Å². The molecule has 11 heteroatoms. The van der Waals surface area contributed by atoms with Gasteiger partial charge < -0.3 is 16.0 Å². The van der Waals surface area contributed by atoms with Crippen LogP contribution in [0.15, 0.2) is 42.6 Å². The van der Waals surface area contributed by atoms with Crippen molar-refractivity contribution >= 4 is 29.4 Å². The Morgan fingerprint density at radius 1 is 1.18 bits per heavy atom. The van der Waals surface area contributed by atoms with E-state index in [1.807, 2.05) is 19.1 Å². The second kappa shape index (κ2) is 11.0. The maximum Gasteiger partial charge on any atom is 0.408 e. The number of likely N-dealkylation sites (N-methyl/N-ethyl adjacent to an activating group) is 1. The number of nitrogens with one attached hydrogen (secondary N) is 1. The summed E-state index contributed by atoms with van der Waals surface area (Å²) in [4.78, 5) is 46.0. The molecule has 1 aliphatic heterocycles. The van der Waals surface area contributed by atoms with E-state index in [4.69, 9.17) is 5.73 Å². The Bertz CT molecular complexity index is 1200. The molecule has 4 amide bonds. The number of hydrogen-bond acceptors (Lipinski definition) is 5. The molecule has 1 saturated carbocycles. The molecule has 2 fully saturated rings. The largest absolute Gasteiger partial charge is 0.408 e. The first-order chi connectivity index (χ1) is 18.0. The average molecular weight is 532 g/mol. The minimum absolute atomic E-state index is 0.0820. The van der Waals surface area contributed by atoms with Crippen LogP contribution in [0.2, 0.25) is 0 Å². The van der Waals surface area contributed by atoms with Crippen molar-refractivity contribution in [2.24, 2.45) is 11.8 Å². The van der Waals surface area contributed by atoms with Crippen molar-refractivity contribution < 1.29 is 27.6 Å². The zero-order valence-electron chi connectivity index (χ0n) is 21.4. The zero-order valence-corrected chi connectivity index (χ0v) is 21.4. The molecule has 204 valence electrons. The van der Waals surface area contributed by atoms with E-state index in [2.05, 4.69) is 10.3 Å². The fraction of sp³-hybridized carbons (Fsp3) is 0.481. The Balaban J connectivity index is 1.62. The third kappa shape index (κ3) is 5.61. The van der Waals surface area contributed by atoms with Crippen LogP contribution in [-0.4, -0.2) is 53.0 Å². The van der Waals surface area contributed by atoms with Gasteiger partial charge in [0.2, 0.25) is 5.91 Å². The van der Waals surface area contributed by atoms with E-state index in [1.54, 1.807) is 24.3 Å². The van der Waals surface area contributed by atoms with E-state index in [1.165, 1.54) is 18.1 Å². The van der Waals surface area contributed by atoms with Gasteiger partial charge >= 0.3 is 12.2 Å².